The van der Waals surface area contributed by atoms with E-state index in [0.29, 0.717) is 17.9 Å². The Balaban J connectivity index is 2.94. The summed E-state index contributed by atoms with van der Waals surface area (Å²) in [6, 6.07) is 7.03. The molecule has 2 unspecified atom stereocenters. The zero-order chi connectivity index (χ0) is 16.7. The molecule has 22 heavy (non-hydrogen) atoms. The predicted molar refractivity (Wildman–Crippen MR) is 85.0 cm³/mol. The normalized spacial score (nSPS) is 13.1. The maximum absolute atomic E-state index is 12.7. The molecule has 0 heterocycles. The van der Waals surface area contributed by atoms with Crippen molar-refractivity contribution in [1.29, 1.82) is 0 Å². The Bertz CT molecular complexity index is 498. The standard InChI is InChI=1S/C17H25NO4/c1-6-13(3)18(11-12(2)17(20)22-5)16(19)14-7-9-15(21-4)10-8-14/h7-10,12-13H,6,11H2,1-5H3. The van der Waals surface area contributed by atoms with E-state index in [4.69, 9.17) is 9.47 Å². The summed E-state index contributed by atoms with van der Waals surface area (Å²) in [7, 11) is 2.94. The lowest BCUT2D eigenvalue weighted by Gasteiger charge is -2.30. The Morgan fingerprint density at radius 3 is 2.18 bits per heavy atom. The number of nitrogens with zero attached hydrogens (tertiary/aromatic N) is 1. The van der Waals surface area contributed by atoms with E-state index in [1.807, 2.05) is 13.8 Å². The smallest absolute Gasteiger partial charge is 0.310 e. The minimum atomic E-state index is -0.360. The Labute approximate surface area is 132 Å². The number of benzene rings is 1. The summed E-state index contributed by atoms with van der Waals surface area (Å²) in [6.45, 7) is 6.10. The number of amides is 1. The molecule has 0 aromatic heterocycles. The molecule has 0 saturated carbocycles. The van der Waals surface area contributed by atoms with Gasteiger partial charge in [-0.3, -0.25) is 9.59 Å². The minimum Gasteiger partial charge on any atom is -0.497 e. The summed E-state index contributed by atoms with van der Waals surface area (Å²) in [5, 5.41) is 0. The first-order chi connectivity index (χ1) is 10.4. The van der Waals surface area contributed by atoms with Crippen LogP contribution >= 0.6 is 0 Å². The van der Waals surface area contributed by atoms with Crippen molar-refractivity contribution >= 4 is 11.9 Å². The highest BCUT2D eigenvalue weighted by Gasteiger charge is 2.25. The maximum atomic E-state index is 12.7. The maximum Gasteiger partial charge on any atom is 0.310 e. The van der Waals surface area contributed by atoms with Gasteiger partial charge in [0.1, 0.15) is 5.75 Å². The molecular weight excluding hydrogens is 282 g/mol. The van der Waals surface area contributed by atoms with Crippen LogP contribution in [0.3, 0.4) is 0 Å². The summed E-state index contributed by atoms with van der Waals surface area (Å²) in [6.07, 6.45) is 0.815. The van der Waals surface area contributed by atoms with Crippen LogP contribution in [-0.2, 0) is 9.53 Å². The molecule has 0 radical (unpaired) electrons. The Hall–Kier alpha value is -2.04. The van der Waals surface area contributed by atoms with Gasteiger partial charge < -0.3 is 14.4 Å². The highest BCUT2D eigenvalue weighted by atomic mass is 16.5. The van der Waals surface area contributed by atoms with Gasteiger partial charge in [-0.15, -0.1) is 0 Å². The van der Waals surface area contributed by atoms with Gasteiger partial charge in [0.2, 0.25) is 0 Å². The van der Waals surface area contributed by atoms with Gasteiger partial charge in [-0.1, -0.05) is 13.8 Å². The van der Waals surface area contributed by atoms with Crippen LogP contribution in [0.4, 0.5) is 0 Å². The molecular formula is C17H25NO4. The molecule has 1 rings (SSSR count). The van der Waals surface area contributed by atoms with Crippen LogP contribution in [-0.4, -0.2) is 43.6 Å². The van der Waals surface area contributed by atoms with Crippen molar-refractivity contribution in [1.82, 2.24) is 4.90 Å². The molecule has 1 amide bonds. The molecule has 0 saturated heterocycles. The SMILES string of the molecule is CCC(C)N(CC(C)C(=O)OC)C(=O)c1ccc(OC)cc1. The van der Waals surface area contributed by atoms with Gasteiger partial charge in [0.25, 0.3) is 5.91 Å². The third kappa shape index (κ3) is 4.48. The molecule has 5 heteroatoms. The van der Waals surface area contributed by atoms with Crippen molar-refractivity contribution in [2.24, 2.45) is 5.92 Å². The van der Waals surface area contributed by atoms with Crippen molar-refractivity contribution < 1.29 is 19.1 Å². The van der Waals surface area contributed by atoms with Crippen LogP contribution in [0.1, 0.15) is 37.6 Å². The van der Waals surface area contributed by atoms with Gasteiger partial charge in [0.15, 0.2) is 0 Å². The van der Waals surface area contributed by atoms with E-state index in [9.17, 15) is 9.59 Å². The average Bonchev–Trinajstić information content (AvgIpc) is 2.57. The highest BCUT2D eigenvalue weighted by Crippen LogP contribution is 2.17. The van der Waals surface area contributed by atoms with Gasteiger partial charge in [-0.2, -0.15) is 0 Å². The van der Waals surface area contributed by atoms with Gasteiger partial charge in [0, 0.05) is 18.2 Å². The molecule has 0 aliphatic rings. The van der Waals surface area contributed by atoms with Crippen molar-refractivity contribution in [2.75, 3.05) is 20.8 Å². The van der Waals surface area contributed by atoms with E-state index in [1.54, 1.807) is 43.2 Å². The topological polar surface area (TPSA) is 55.8 Å². The van der Waals surface area contributed by atoms with Crippen LogP contribution < -0.4 is 4.74 Å². The van der Waals surface area contributed by atoms with Crippen LogP contribution in [0.15, 0.2) is 24.3 Å². The van der Waals surface area contributed by atoms with E-state index in [2.05, 4.69) is 0 Å². The molecule has 5 nitrogen and oxygen atoms in total. The number of carbonyl (C=O) groups excluding carboxylic acids is 2. The van der Waals surface area contributed by atoms with Crippen molar-refractivity contribution in [3.05, 3.63) is 29.8 Å². The molecule has 0 bridgehead atoms. The lowest BCUT2D eigenvalue weighted by atomic mass is 10.1. The predicted octanol–water partition coefficient (Wildman–Crippen LogP) is 2.75. The number of hydrogen-bond donors (Lipinski definition) is 0. The second kappa shape index (κ2) is 8.41. The zero-order valence-electron chi connectivity index (χ0n) is 14.0. The second-order valence-corrected chi connectivity index (χ2v) is 5.37. The quantitative estimate of drug-likeness (QED) is 0.727. The first-order valence-electron chi connectivity index (χ1n) is 7.47. The summed E-state index contributed by atoms with van der Waals surface area (Å²) in [5.41, 5.74) is 0.582. The van der Waals surface area contributed by atoms with Gasteiger partial charge >= 0.3 is 5.97 Å². The first kappa shape index (κ1) is 18.0. The van der Waals surface area contributed by atoms with Crippen molar-refractivity contribution in [3.63, 3.8) is 0 Å². The Morgan fingerprint density at radius 2 is 1.73 bits per heavy atom. The van der Waals surface area contributed by atoms with Crippen LogP contribution in [0.2, 0.25) is 0 Å². The van der Waals surface area contributed by atoms with Crippen LogP contribution in [0.25, 0.3) is 0 Å². The summed E-state index contributed by atoms with van der Waals surface area (Å²) in [5.74, 6) is -0.0562. The fraction of sp³-hybridized carbons (Fsp3) is 0.529. The number of methoxy groups -OCH3 is 2. The monoisotopic (exact) mass is 307 g/mol. The molecule has 0 N–H and O–H groups in total. The van der Waals surface area contributed by atoms with E-state index < -0.39 is 0 Å². The molecule has 0 aliphatic heterocycles. The lowest BCUT2D eigenvalue weighted by Crippen LogP contribution is -2.42. The Morgan fingerprint density at radius 1 is 1.14 bits per heavy atom. The molecule has 0 fully saturated rings. The number of esters is 1. The summed E-state index contributed by atoms with van der Waals surface area (Å²) >= 11 is 0. The summed E-state index contributed by atoms with van der Waals surface area (Å²) in [4.78, 5) is 26.1. The fourth-order valence-electron chi connectivity index (χ4n) is 2.15. The van der Waals surface area contributed by atoms with E-state index in [-0.39, 0.29) is 23.8 Å². The first-order valence-corrected chi connectivity index (χ1v) is 7.47. The van der Waals surface area contributed by atoms with Gasteiger partial charge in [-0.05, 0) is 37.6 Å². The highest BCUT2D eigenvalue weighted by molar-refractivity contribution is 5.94. The third-order valence-corrected chi connectivity index (χ3v) is 3.79. The van der Waals surface area contributed by atoms with Crippen LogP contribution in [0, 0.1) is 5.92 Å². The second-order valence-electron chi connectivity index (χ2n) is 5.37. The van der Waals surface area contributed by atoms with E-state index in [1.165, 1.54) is 7.11 Å². The fourth-order valence-corrected chi connectivity index (χ4v) is 2.15. The number of hydrogen-bond acceptors (Lipinski definition) is 4. The average molecular weight is 307 g/mol. The number of carbonyl (C=O) groups is 2. The Kier molecular flexibility index (Phi) is 6.89. The molecule has 0 spiro atoms. The number of ether oxygens (including phenoxy) is 2. The molecule has 122 valence electrons. The third-order valence-electron chi connectivity index (χ3n) is 3.79. The van der Waals surface area contributed by atoms with Crippen LogP contribution in [0.5, 0.6) is 5.75 Å². The molecule has 1 aromatic rings. The zero-order valence-corrected chi connectivity index (χ0v) is 14.0. The number of rotatable bonds is 7. The minimum absolute atomic E-state index is 0.0432. The van der Waals surface area contributed by atoms with E-state index >= 15 is 0 Å². The molecule has 1 aromatic carbocycles. The lowest BCUT2D eigenvalue weighted by molar-refractivity contribution is -0.145. The van der Waals surface area contributed by atoms with E-state index in [0.717, 1.165) is 6.42 Å². The molecule has 2 atom stereocenters. The van der Waals surface area contributed by atoms with Crippen molar-refractivity contribution in [2.45, 2.75) is 33.2 Å². The van der Waals surface area contributed by atoms with Crippen molar-refractivity contribution in [3.8, 4) is 5.75 Å². The molecule has 0 aliphatic carbocycles. The summed E-state index contributed by atoms with van der Waals surface area (Å²) < 4.78 is 9.85. The van der Waals surface area contributed by atoms with Gasteiger partial charge in [-0.25, -0.2) is 0 Å². The van der Waals surface area contributed by atoms with Gasteiger partial charge in [0.05, 0.1) is 20.1 Å². The largest absolute Gasteiger partial charge is 0.497 e.